The van der Waals surface area contributed by atoms with Crippen molar-refractivity contribution in [3.8, 4) is 45.4 Å². The van der Waals surface area contributed by atoms with Crippen LogP contribution in [0.1, 0.15) is 81.2 Å². The zero-order valence-electron chi connectivity index (χ0n) is 29.9. The fourth-order valence-electron chi connectivity index (χ4n) is 8.32. The van der Waals surface area contributed by atoms with E-state index in [0.29, 0.717) is 5.56 Å². The van der Waals surface area contributed by atoms with Crippen molar-refractivity contribution in [1.29, 1.82) is 5.26 Å². The minimum absolute atomic E-state index is 0.243. The van der Waals surface area contributed by atoms with Crippen molar-refractivity contribution < 1.29 is 4.42 Å². The Balaban J connectivity index is 1.32. The molecule has 4 heteroatoms. The summed E-state index contributed by atoms with van der Waals surface area (Å²) in [5.74, 6) is 1.42. The van der Waals surface area contributed by atoms with Crippen molar-refractivity contribution >= 4 is 33.0 Å². The lowest BCUT2D eigenvalue weighted by Gasteiger charge is -2.24. The van der Waals surface area contributed by atoms with Crippen LogP contribution in [0.5, 0.6) is 0 Å². The first-order valence-electron chi connectivity index (χ1n) is 17.9. The number of benzene rings is 6. The summed E-state index contributed by atoms with van der Waals surface area (Å²) >= 11 is 0. The molecule has 0 fully saturated rings. The molecule has 51 heavy (non-hydrogen) atoms. The van der Waals surface area contributed by atoms with Gasteiger partial charge in [0, 0.05) is 16.2 Å². The second-order valence-electron chi connectivity index (χ2n) is 15.1. The Morgan fingerprint density at radius 2 is 1.37 bits per heavy atom. The monoisotopic (exact) mass is 661 g/mol. The molecule has 6 aromatic carbocycles. The van der Waals surface area contributed by atoms with Crippen LogP contribution in [0, 0.1) is 11.3 Å². The molecule has 0 N–H and O–H groups in total. The van der Waals surface area contributed by atoms with Crippen LogP contribution in [-0.2, 0) is 5.41 Å². The van der Waals surface area contributed by atoms with Gasteiger partial charge in [0.05, 0.1) is 33.9 Å². The summed E-state index contributed by atoms with van der Waals surface area (Å²) in [6.07, 6.45) is 0. The average molecular weight is 662 g/mol. The molecule has 0 spiro atoms. The number of para-hydroxylation sites is 3. The van der Waals surface area contributed by atoms with E-state index in [1.807, 2.05) is 12.1 Å². The number of rotatable bonds is 5. The van der Waals surface area contributed by atoms with Gasteiger partial charge in [-0.05, 0) is 111 Å². The van der Waals surface area contributed by atoms with Crippen molar-refractivity contribution in [3.63, 3.8) is 0 Å². The minimum atomic E-state index is -0.243. The van der Waals surface area contributed by atoms with Crippen LogP contribution in [-0.4, -0.2) is 9.55 Å². The summed E-state index contributed by atoms with van der Waals surface area (Å²) < 4.78 is 9.30. The van der Waals surface area contributed by atoms with Crippen LogP contribution in [0.4, 0.5) is 0 Å². The zero-order chi connectivity index (χ0) is 35.2. The molecule has 2 heterocycles. The number of nitriles is 1. The fraction of sp³-hybridized carbons (Fsp3) is 0.191. The Labute approximate surface area is 298 Å². The molecule has 9 rings (SSSR count). The number of nitrogens with zero attached hydrogens (tertiary/aromatic N) is 3. The molecule has 0 unspecified atom stereocenters. The van der Waals surface area contributed by atoms with E-state index in [4.69, 9.17) is 9.40 Å². The summed E-state index contributed by atoms with van der Waals surface area (Å²) in [5, 5.41) is 11.8. The molecule has 8 aromatic rings. The van der Waals surface area contributed by atoms with Gasteiger partial charge in [0.2, 0.25) is 0 Å². The average Bonchev–Trinajstić information content (AvgIpc) is 3.78. The SMILES string of the molecule is CC(C)c1cc(-c2ccccc2)cc(C(C)C)c1-n1c(-c2cccc3c2oc2cc4c(cc23)C(C)(C)c2cc(C#N)ccc2-4)nc2ccccc21. The summed E-state index contributed by atoms with van der Waals surface area (Å²) in [6.45, 7) is 13.7. The van der Waals surface area contributed by atoms with E-state index in [0.717, 1.165) is 44.4 Å². The first-order valence-corrected chi connectivity index (χ1v) is 17.9. The Bertz CT molecular complexity index is 2700. The van der Waals surface area contributed by atoms with Crippen LogP contribution in [0.2, 0.25) is 0 Å². The van der Waals surface area contributed by atoms with Crippen molar-refractivity contribution in [2.75, 3.05) is 0 Å². The Morgan fingerprint density at radius 1 is 0.667 bits per heavy atom. The van der Waals surface area contributed by atoms with E-state index >= 15 is 0 Å². The summed E-state index contributed by atoms with van der Waals surface area (Å²) in [6, 6.07) is 43.3. The van der Waals surface area contributed by atoms with Gasteiger partial charge in [-0.25, -0.2) is 4.98 Å². The van der Waals surface area contributed by atoms with Crippen LogP contribution in [0.15, 0.2) is 120 Å². The van der Waals surface area contributed by atoms with Crippen molar-refractivity contribution in [1.82, 2.24) is 9.55 Å². The third kappa shape index (κ3) is 4.61. The topological polar surface area (TPSA) is 54.8 Å². The van der Waals surface area contributed by atoms with E-state index in [1.165, 1.54) is 50.2 Å². The first kappa shape index (κ1) is 31.1. The van der Waals surface area contributed by atoms with Gasteiger partial charge in [-0.1, -0.05) is 102 Å². The number of fused-ring (bicyclic) bond motifs is 7. The van der Waals surface area contributed by atoms with Crippen molar-refractivity contribution in [2.24, 2.45) is 0 Å². The highest BCUT2D eigenvalue weighted by molar-refractivity contribution is 6.11. The van der Waals surface area contributed by atoms with Gasteiger partial charge in [0.25, 0.3) is 0 Å². The maximum Gasteiger partial charge on any atom is 0.149 e. The second-order valence-corrected chi connectivity index (χ2v) is 15.1. The van der Waals surface area contributed by atoms with E-state index in [-0.39, 0.29) is 17.3 Å². The summed E-state index contributed by atoms with van der Waals surface area (Å²) in [4.78, 5) is 5.37. The quantitative estimate of drug-likeness (QED) is 0.184. The summed E-state index contributed by atoms with van der Waals surface area (Å²) in [5.41, 5.74) is 16.1. The minimum Gasteiger partial charge on any atom is -0.455 e. The molecule has 0 bridgehead atoms. The smallest absolute Gasteiger partial charge is 0.149 e. The Kier molecular flexibility index (Phi) is 6.89. The van der Waals surface area contributed by atoms with Crippen LogP contribution < -0.4 is 0 Å². The van der Waals surface area contributed by atoms with Gasteiger partial charge in [-0.2, -0.15) is 5.26 Å². The second kappa shape index (κ2) is 11.3. The highest BCUT2D eigenvalue weighted by Gasteiger charge is 2.37. The van der Waals surface area contributed by atoms with Crippen LogP contribution in [0.3, 0.4) is 0 Å². The lowest BCUT2D eigenvalue weighted by Crippen LogP contribution is -2.15. The number of imidazole rings is 1. The zero-order valence-corrected chi connectivity index (χ0v) is 29.9. The number of furan rings is 1. The van der Waals surface area contributed by atoms with Crippen molar-refractivity contribution in [2.45, 2.75) is 58.8 Å². The largest absolute Gasteiger partial charge is 0.455 e. The molecule has 0 atom stereocenters. The van der Waals surface area contributed by atoms with Crippen molar-refractivity contribution in [3.05, 3.63) is 143 Å². The van der Waals surface area contributed by atoms with E-state index < -0.39 is 0 Å². The lowest BCUT2D eigenvalue weighted by atomic mass is 9.81. The molecular weight excluding hydrogens is 623 g/mol. The molecule has 2 aromatic heterocycles. The highest BCUT2D eigenvalue weighted by atomic mass is 16.3. The van der Waals surface area contributed by atoms with Gasteiger partial charge in [0.15, 0.2) is 0 Å². The van der Waals surface area contributed by atoms with Crippen LogP contribution in [0.25, 0.3) is 72.3 Å². The predicted octanol–water partition coefficient (Wildman–Crippen LogP) is 12.7. The third-order valence-corrected chi connectivity index (χ3v) is 11.0. The fourth-order valence-corrected chi connectivity index (χ4v) is 8.32. The molecule has 0 radical (unpaired) electrons. The van der Waals surface area contributed by atoms with Gasteiger partial charge >= 0.3 is 0 Å². The standard InChI is InChI=1S/C47H39N3O/c1-27(2)35-22-31(30-13-8-7-9-14-30)23-36(28(3)4)44(35)50-42-18-11-10-17-41(42)49-46(50)34-16-12-15-33-38-24-40-37(25-43(38)51-45(33)34)32-20-19-29(26-48)21-39(32)47(40,5)6/h7-25,27-28H,1-6H3. The maximum atomic E-state index is 9.63. The molecule has 248 valence electrons. The molecule has 0 saturated carbocycles. The molecule has 0 amide bonds. The van der Waals surface area contributed by atoms with Crippen LogP contribution >= 0.6 is 0 Å². The summed E-state index contributed by atoms with van der Waals surface area (Å²) in [7, 11) is 0. The maximum absolute atomic E-state index is 9.63. The molecule has 1 aliphatic rings. The molecular formula is C47H39N3O. The normalized spacial score (nSPS) is 13.4. The number of hydrogen-bond donors (Lipinski definition) is 0. The highest BCUT2D eigenvalue weighted by Crippen LogP contribution is 2.51. The van der Waals surface area contributed by atoms with E-state index in [2.05, 4.69) is 155 Å². The van der Waals surface area contributed by atoms with E-state index in [1.54, 1.807) is 0 Å². The first-order chi connectivity index (χ1) is 24.7. The Hall–Kier alpha value is -5.92. The third-order valence-electron chi connectivity index (χ3n) is 11.0. The van der Waals surface area contributed by atoms with E-state index in [9.17, 15) is 5.26 Å². The molecule has 0 saturated heterocycles. The Morgan fingerprint density at radius 3 is 2.10 bits per heavy atom. The lowest BCUT2D eigenvalue weighted by molar-refractivity contribution is 0.657. The number of hydrogen-bond acceptors (Lipinski definition) is 3. The molecule has 4 nitrogen and oxygen atoms in total. The van der Waals surface area contributed by atoms with Gasteiger partial charge in [0.1, 0.15) is 17.0 Å². The molecule has 0 aliphatic heterocycles. The number of aromatic nitrogens is 2. The molecule has 1 aliphatic carbocycles. The van der Waals surface area contributed by atoms with Gasteiger partial charge in [-0.15, -0.1) is 0 Å². The van der Waals surface area contributed by atoms with Gasteiger partial charge < -0.3 is 4.42 Å². The predicted molar refractivity (Wildman–Crippen MR) is 210 cm³/mol. The van der Waals surface area contributed by atoms with Gasteiger partial charge in [-0.3, -0.25) is 4.57 Å².